The predicted octanol–water partition coefficient (Wildman–Crippen LogP) is -2.00. The van der Waals surface area contributed by atoms with Gasteiger partial charge in [-0.3, -0.25) is 0 Å². The largest absolute Gasteiger partial charge is 1.00 e. The molecule has 0 spiro atoms. The number of rotatable bonds is 5. The number of aliphatic hydroxyl groups excluding tert-OH is 1. The molecule has 0 aromatic rings. The van der Waals surface area contributed by atoms with Gasteiger partial charge >= 0.3 is 29.6 Å². The van der Waals surface area contributed by atoms with Crippen LogP contribution in [0, 0.1) is 6.92 Å². The maximum absolute atomic E-state index is 8.62. The third-order valence-corrected chi connectivity index (χ3v) is 0.952. The minimum Gasteiger partial charge on any atom is -0.423 e. The molecule has 3 heteroatoms. The molecule has 0 aromatic carbocycles. The van der Waals surface area contributed by atoms with Crippen LogP contribution in [0.1, 0.15) is 19.8 Å². The first-order valence-corrected chi connectivity index (χ1v) is 3.36. The third kappa shape index (κ3) is 11.7. The van der Waals surface area contributed by atoms with Gasteiger partial charge in [0.2, 0.25) is 0 Å². The number of unbranched alkanes of at least 4 members (excludes halogenated alkanes) is 1. The molecule has 0 aliphatic carbocycles. The van der Waals surface area contributed by atoms with Crippen molar-refractivity contribution >= 4 is 0 Å². The summed E-state index contributed by atoms with van der Waals surface area (Å²) in [7, 11) is 0. The van der Waals surface area contributed by atoms with Crippen molar-refractivity contribution in [3.63, 3.8) is 0 Å². The van der Waals surface area contributed by atoms with Gasteiger partial charge in [-0.2, -0.15) is 0 Å². The Morgan fingerprint density at radius 3 is 2.60 bits per heavy atom. The molecule has 0 aliphatic heterocycles. The molecule has 0 saturated carbocycles. The molecule has 2 nitrogen and oxygen atoms in total. The zero-order valence-corrected chi connectivity index (χ0v) is 8.97. The Kier molecular flexibility index (Phi) is 13.4. The van der Waals surface area contributed by atoms with Crippen LogP contribution in [0.3, 0.4) is 0 Å². The molecule has 56 valence electrons. The second kappa shape index (κ2) is 9.92. The average molecular weight is 154 g/mol. The summed E-state index contributed by atoms with van der Waals surface area (Å²) in [4.78, 5) is 0. The summed E-state index contributed by atoms with van der Waals surface area (Å²) < 4.78 is 5.02. The van der Waals surface area contributed by atoms with E-state index in [1.165, 1.54) is 0 Å². The van der Waals surface area contributed by atoms with E-state index in [0.29, 0.717) is 6.61 Å². The minimum atomic E-state index is -0.568. The second-order valence-electron chi connectivity index (χ2n) is 2.08. The van der Waals surface area contributed by atoms with Crippen LogP contribution in [0.15, 0.2) is 0 Å². The normalized spacial score (nSPS) is 12.3. The first kappa shape index (κ1) is 13.5. The molecule has 0 fully saturated rings. The van der Waals surface area contributed by atoms with Gasteiger partial charge in [0, 0.05) is 13.2 Å². The summed E-state index contributed by atoms with van der Waals surface area (Å²) in [6.45, 7) is 6.57. The van der Waals surface area contributed by atoms with Crippen molar-refractivity contribution < 1.29 is 39.4 Å². The summed E-state index contributed by atoms with van der Waals surface area (Å²) in [5.74, 6) is 0. The van der Waals surface area contributed by atoms with E-state index in [1.807, 2.05) is 0 Å². The van der Waals surface area contributed by atoms with Gasteiger partial charge in [-0.25, -0.2) is 0 Å². The van der Waals surface area contributed by atoms with Crippen LogP contribution in [0.5, 0.6) is 0 Å². The van der Waals surface area contributed by atoms with E-state index in [9.17, 15) is 0 Å². The Balaban J connectivity index is 0. The molecular weight excluding hydrogens is 139 g/mol. The van der Waals surface area contributed by atoms with Gasteiger partial charge < -0.3 is 16.8 Å². The van der Waals surface area contributed by atoms with E-state index in [1.54, 1.807) is 0 Å². The Hall–Kier alpha value is 0.920. The van der Waals surface area contributed by atoms with Gasteiger partial charge in [0.1, 0.15) is 0 Å². The zero-order chi connectivity index (χ0) is 7.11. The molecule has 0 aliphatic rings. The monoisotopic (exact) mass is 154 g/mol. The number of ether oxygens (including phenoxy) is 1. The Morgan fingerprint density at radius 2 is 2.20 bits per heavy atom. The average Bonchev–Trinajstić information content (AvgIpc) is 1.80. The van der Waals surface area contributed by atoms with E-state index in [4.69, 9.17) is 9.84 Å². The quantitative estimate of drug-likeness (QED) is 0.282. The summed E-state index contributed by atoms with van der Waals surface area (Å²) in [6.07, 6.45) is 1.63. The molecule has 0 bridgehead atoms. The van der Waals surface area contributed by atoms with Crippen LogP contribution in [-0.2, 0) is 4.74 Å². The SMILES string of the molecule is [CH2-]C(O)COCCCC.[Na+]. The van der Waals surface area contributed by atoms with E-state index in [-0.39, 0.29) is 29.6 Å². The van der Waals surface area contributed by atoms with E-state index >= 15 is 0 Å². The van der Waals surface area contributed by atoms with E-state index in [0.717, 1.165) is 19.4 Å². The molecule has 0 amide bonds. The van der Waals surface area contributed by atoms with Gasteiger partial charge in [-0.05, 0) is 12.5 Å². The van der Waals surface area contributed by atoms with Crippen molar-refractivity contribution in [2.24, 2.45) is 0 Å². The van der Waals surface area contributed by atoms with Crippen LogP contribution in [0.25, 0.3) is 0 Å². The minimum absolute atomic E-state index is 0. The van der Waals surface area contributed by atoms with Crippen molar-refractivity contribution in [3.8, 4) is 0 Å². The van der Waals surface area contributed by atoms with Gasteiger partial charge in [-0.1, -0.05) is 13.3 Å². The third-order valence-electron chi connectivity index (χ3n) is 0.952. The molecule has 1 atom stereocenters. The molecule has 1 N–H and O–H groups in total. The molecule has 0 rings (SSSR count). The van der Waals surface area contributed by atoms with Crippen LogP contribution >= 0.6 is 0 Å². The fraction of sp³-hybridized carbons (Fsp3) is 0.857. The van der Waals surface area contributed by atoms with Gasteiger partial charge in [0.05, 0.1) is 0 Å². The summed E-state index contributed by atoms with van der Waals surface area (Å²) >= 11 is 0. The first-order valence-electron chi connectivity index (χ1n) is 3.36. The van der Waals surface area contributed by atoms with Gasteiger partial charge in [0.25, 0.3) is 0 Å². The molecule has 0 saturated heterocycles. The van der Waals surface area contributed by atoms with Crippen molar-refractivity contribution in [3.05, 3.63) is 6.92 Å². The molecule has 1 unspecified atom stereocenters. The molecule has 10 heavy (non-hydrogen) atoms. The van der Waals surface area contributed by atoms with Crippen molar-refractivity contribution in [1.29, 1.82) is 0 Å². The number of hydrogen-bond donors (Lipinski definition) is 1. The van der Waals surface area contributed by atoms with Crippen molar-refractivity contribution in [2.75, 3.05) is 13.2 Å². The maximum atomic E-state index is 8.62. The van der Waals surface area contributed by atoms with Gasteiger partial charge in [-0.15, -0.1) is 0 Å². The summed E-state index contributed by atoms with van der Waals surface area (Å²) in [5.41, 5.74) is 0. The summed E-state index contributed by atoms with van der Waals surface area (Å²) in [6, 6.07) is 0. The Bertz CT molecular complexity index is 57.6. The van der Waals surface area contributed by atoms with Crippen LogP contribution < -0.4 is 29.6 Å². The topological polar surface area (TPSA) is 29.5 Å². The maximum Gasteiger partial charge on any atom is 1.00 e. The van der Waals surface area contributed by atoms with Gasteiger partial charge in [0.15, 0.2) is 0 Å². The zero-order valence-electron chi connectivity index (χ0n) is 6.97. The molecule has 0 heterocycles. The molecular formula is C7H15NaO2. The fourth-order valence-electron chi connectivity index (χ4n) is 0.466. The van der Waals surface area contributed by atoms with E-state index < -0.39 is 6.10 Å². The van der Waals surface area contributed by atoms with Crippen LogP contribution in [0.2, 0.25) is 0 Å². The predicted molar refractivity (Wildman–Crippen MR) is 37.1 cm³/mol. The summed E-state index contributed by atoms with van der Waals surface area (Å²) in [5, 5.41) is 8.62. The first-order chi connectivity index (χ1) is 4.27. The molecule has 0 aromatic heterocycles. The smallest absolute Gasteiger partial charge is 0.423 e. The van der Waals surface area contributed by atoms with Crippen molar-refractivity contribution in [2.45, 2.75) is 25.9 Å². The van der Waals surface area contributed by atoms with Crippen molar-refractivity contribution in [1.82, 2.24) is 0 Å². The number of hydrogen-bond acceptors (Lipinski definition) is 2. The second-order valence-corrected chi connectivity index (χ2v) is 2.08. The van der Waals surface area contributed by atoms with Crippen LogP contribution in [0.4, 0.5) is 0 Å². The standard InChI is InChI=1S/C7H15O2.Na/c1-3-4-5-9-6-7(2)8;/h7-8H,2-6H2,1H3;/q-1;+1. The Morgan fingerprint density at radius 1 is 1.60 bits per heavy atom. The fourth-order valence-corrected chi connectivity index (χ4v) is 0.466. The van der Waals surface area contributed by atoms with E-state index in [2.05, 4.69) is 13.8 Å². The Labute approximate surface area is 85.3 Å². The van der Waals surface area contributed by atoms with Crippen LogP contribution in [-0.4, -0.2) is 24.4 Å². The number of aliphatic hydroxyl groups is 1. The molecule has 0 radical (unpaired) electrons.